The number of hydrogen-bond acceptors (Lipinski definition) is 3. The first-order chi connectivity index (χ1) is 14.8. The van der Waals surface area contributed by atoms with E-state index >= 15 is 0 Å². The SMILES string of the molecule is COc1cc2c(cc1OC)[C@@H]([C@@H](C)NC(=O)NC(C)C)[NH+](Cc1cccc(C)c1)CC2. The quantitative estimate of drug-likeness (QED) is 0.638. The van der Waals surface area contributed by atoms with Gasteiger partial charge in [-0.05, 0) is 45.4 Å². The zero-order valence-corrected chi connectivity index (χ0v) is 19.5. The van der Waals surface area contributed by atoms with Gasteiger partial charge in [0.1, 0.15) is 12.6 Å². The molecule has 0 bridgehead atoms. The number of carbonyl (C=O) groups is 1. The van der Waals surface area contributed by atoms with E-state index in [0.717, 1.165) is 31.0 Å². The number of hydrogen-bond donors (Lipinski definition) is 3. The van der Waals surface area contributed by atoms with E-state index in [2.05, 4.69) is 60.9 Å². The molecule has 0 aromatic heterocycles. The Balaban J connectivity index is 1.96. The van der Waals surface area contributed by atoms with Crippen molar-refractivity contribution in [1.29, 1.82) is 0 Å². The van der Waals surface area contributed by atoms with Crippen LogP contribution >= 0.6 is 0 Å². The second-order valence-corrected chi connectivity index (χ2v) is 8.77. The van der Waals surface area contributed by atoms with Crippen LogP contribution in [0.4, 0.5) is 4.79 Å². The summed E-state index contributed by atoms with van der Waals surface area (Å²) in [7, 11) is 3.33. The molecule has 0 spiro atoms. The summed E-state index contributed by atoms with van der Waals surface area (Å²) in [5, 5.41) is 6.12. The van der Waals surface area contributed by atoms with Crippen LogP contribution < -0.4 is 25.0 Å². The first-order valence-corrected chi connectivity index (χ1v) is 11.0. The Morgan fingerprint density at radius 3 is 2.45 bits per heavy atom. The average Bonchev–Trinajstić information content (AvgIpc) is 2.71. The summed E-state index contributed by atoms with van der Waals surface area (Å²) in [4.78, 5) is 13.9. The van der Waals surface area contributed by atoms with Gasteiger partial charge in [0.25, 0.3) is 0 Å². The third kappa shape index (κ3) is 5.50. The van der Waals surface area contributed by atoms with E-state index < -0.39 is 0 Å². The Bertz CT molecular complexity index is 913. The maximum atomic E-state index is 12.5. The lowest BCUT2D eigenvalue weighted by molar-refractivity contribution is -0.948. The predicted octanol–water partition coefficient (Wildman–Crippen LogP) is 2.79. The minimum absolute atomic E-state index is 0.0595. The van der Waals surface area contributed by atoms with E-state index in [0.29, 0.717) is 0 Å². The van der Waals surface area contributed by atoms with E-state index in [1.165, 1.54) is 27.2 Å². The van der Waals surface area contributed by atoms with Crippen molar-refractivity contribution >= 4 is 6.03 Å². The van der Waals surface area contributed by atoms with Crippen LogP contribution in [0.5, 0.6) is 11.5 Å². The Kier molecular flexibility index (Phi) is 7.44. The van der Waals surface area contributed by atoms with E-state index in [4.69, 9.17) is 9.47 Å². The Morgan fingerprint density at radius 2 is 1.81 bits per heavy atom. The maximum absolute atomic E-state index is 12.5. The molecular formula is C25H36N3O3+. The molecule has 2 aromatic rings. The molecule has 0 saturated carbocycles. The van der Waals surface area contributed by atoms with Crippen LogP contribution in [-0.2, 0) is 13.0 Å². The van der Waals surface area contributed by atoms with Gasteiger partial charge >= 0.3 is 6.03 Å². The van der Waals surface area contributed by atoms with Gasteiger partial charge in [-0.25, -0.2) is 4.79 Å². The first kappa shape index (κ1) is 22.9. The van der Waals surface area contributed by atoms with E-state index in [1.54, 1.807) is 14.2 Å². The van der Waals surface area contributed by atoms with Crippen molar-refractivity contribution < 1.29 is 19.2 Å². The van der Waals surface area contributed by atoms with Gasteiger partial charge in [-0.3, -0.25) is 0 Å². The number of nitrogens with one attached hydrogen (secondary N) is 3. The van der Waals surface area contributed by atoms with Crippen molar-refractivity contribution in [1.82, 2.24) is 10.6 Å². The minimum atomic E-state index is -0.134. The third-order valence-electron chi connectivity index (χ3n) is 5.93. The molecule has 0 aliphatic carbocycles. The van der Waals surface area contributed by atoms with Crippen LogP contribution in [0.15, 0.2) is 36.4 Å². The number of aryl methyl sites for hydroxylation is 1. The highest BCUT2D eigenvalue weighted by molar-refractivity contribution is 5.74. The molecule has 0 radical (unpaired) electrons. The van der Waals surface area contributed by atoms with Crippen LogP contribution in [0.1, 0.15) is 49.1 Å². The molecule has 0 fully saturated rings. The van der Waals surface area contributed by atoms with E-state index in [9.17, 15) is 4.79 Å². The van der Waals surface area contributed by atoms with Gasteiger partial charge in [0.05, 0.1) is 26.8 Å². The minimum Gasteiger partial charge on any atom is -0.493 e. The van der Waals surface area contributed by atoms with Crippen LogP contribution in [0, 0.1) is 6.92 Å². The summed E-state index contributed by atoms with van der Waals surface area (Å²) in [5.74, 6) is 1.47. The lowest BCUT2D eigenvalue weighted by atomic mass is 9.87. The fourth-order valence-electron chi connectivity index (χ4n) is 4.61. The van der Waals surface area contributed by atoms with E-state index in [-0.39, 0.29) is 24.2 Å². The lowest BCUT2D eigenvalue weighted by Gasteiger charge is -2.38. The van der Waals surface area contributed by atoms with E-state index in [1.807, 2.05) is 13.8 Å². The number of carbonyl (C=O) groups excluding carboxylic acids is 1. The van der Waals surface area contributed by atoms with Crippen molar-refractivity contribution in [3.63, 3.8) is 0 Å². The first-order valence-electron chi connectivity index (χ1n) is 11.0. The second-order valence-electron chi connectivity index (χ2n) is 8.77. The molecule has 1 aliphatic heterocycles. The maximum Gasteiger partial charge on any atom is 0.315 e. The van der Waals surface area contributed by atoms with Gasteiger partial charge in [-0.2, -0.15) is 0 Å². The number of benzene rings is 2. The second kappa shape index (κ2) is 10.1. The molecule has 2 aromatic carbocycles. The molecule has 1 aliphatic rings. The smallest absolute Gasteiger partial charge is 0.315 e. The number of methoxy groups -OCH3 is 2. The molecule has 6 nitrogen and oxygen atoms in total. The fourth-order valence-corrected chi connectivity index (χ4v) is 4.61. The van der Waals surface area contributed by atoms with Gasteiger partial charge in [-0.15, -0.1) is 0 Å². The van der Waals surface area contributed by atoms with Crippen molar-refractivity contribution in [3.8, 4) is 11.5 Å². The van der Waals surface area contributed by atoms with Gasteiger partial charge in [-0.1, -0.05) is 29.8 Å². The van der Waals surface area contributed by atoms with Crippen LogP contribution in [0.25, 0.3) is 0 Å². The zero-order chi connectivity index (χ0) is 22.5. The molecule has 31 heavy (non-hydrogen) atoms. The molecule has 168 valence electrons. The van der Waals surface area contributed by atoms with Crippen molar-refractivity contribution in [2.24, 2.45) is 0 Å². The predicted molar refractivity (Wildman–Crippen MR) is 123 cm³/mol. The Hall–Kier alpha value is -2.73. The zero-order valence-electron chi connectivity index (χ0n) is 19.5. The lowest BCUT2D eigenvalue weighted by Crippen LogP contribution is -3.13. The summed E-state index contributed by atoms with van der Waals surface area (Å²) < 4.78 is 11.1. The van der Waals surface area contributed by atoms with Crippen molar-refractivity contribution in [2.45, 2.75) is 58.8 Å². The standard InChI is InChI=1S/C25H35N3O3/c1-16(2)26-25(29)27-18(4)24-21-14-23(31-6)22(30-5)13-20(21)10-11-28(24)15-19-9-7-8-17(3)12-19/h7-9,12-14,16,18,24H,10-11,15H2,1-6H3,(H2,26,27,29)/p+1/t18-,24-/m1/s1. The summed E-state index contributed by atoms with van der Waals surface area (Å²) in [6.07, 6.45) is 0.957. The fraction of sp³-hybridized carbons (Fsp3) is 0.480. The molecule has 3 rings (SSSR count). The molecule has 2 amide bonds. The molecule has 3 N–H and O–H groups in total. The molecular weight excluding hydrogens is 390 g/mol. The summed E-state index contributed by atoms with van der Waals surface area (Å²) in [6.45, 7) is 10.0. The monoisotopic (exact) mass is 426 g/mol. The number of rotatable bonds is 7. The summed E-state index contributed by atoms with van der Waals surface area (Å²) in [5.41, 5.74) is 5.04. The average molecular weight is 427 g/mol. The third-order valence-corrected chi connectivity index (χ3v) is 5.93. The highest BCUT2D eigenvalue weighted by Crippen LogP contribution is 2.35. The molecule has 1 unspecified atom stereocenters. The Morgan fingerprint density at radius 1 is 1.10 bits per heavy atom. The highest BCUT2D eigenvalue weighted by Gasteiger charge is 2.37. The van der Waals surface area contributed by atoms with Gasteiger partial charge in [0.2, 0.25) is 0 Å². The largest absolute Gasteiger partial charge is 0.493 e. The number of amides is 2. The van der Waals surface area contributed by atoms with Gasteiger partial charge in [0.15, 0.2) is 11.5 Å². The number of ether oxygens (including phenoxy) is 2. The van der Waals surface area contributed by atoms with Crippen molar-refractivity contribution in [3.05, 3.63) is 58.7 Å². The summed E-state index contributed by atoms with van der Waals surface area (Å²) >= 11 is 0. The molecule has 6 heteroatoms. The molecule has 0 saturated heterocycles. The van der Waals surface area contributed by atoms with Crippen molar-refractivity contribution in [2.75, 3.05) is 20.8 Å². The number of fused-ring (bicyclic) bond motifs is 1. The number of urea groups is 1. The van der Waals surface area contributed by atoms with Crippen LogP contribution in [0.3, 0.4) is 0 Å². The Labute approximate surface area is 185 Å². The summed E-state index contributed by atoms with van der Waals surface area (Å²) in [6, 6.07) is 12.8. The van der Waals surface area contributed by atoms with Crippen LogP contribution in [0.2, 0.25) is 0 Å². The highest BCUT2D eigenvalue weighted by atomic mass is 16.5. The topological polar surface area (TPSA) is 64.0 Å². The molecule has 1 heterocycles. The van der Waals surface area contributed by atoms with Crippen LogP contribution in [-0.4, -0.2) is 38.9 Å². The molecule has 3 atom stereocenters. The van der Waals surface area contributed by atoms with Gasteiger partial charge < -0.3 is 25.0 Å². The normalized spacial score (nSPS) is 18.8. The number of quaternary nitrogens is 1. The van der Waals surface area contributed by atoms with Gasteiger partial charge in [0, 0.05) is 23.6 Å².